The third kappa shape index (κ3) is 4.84. The summed E-state index contributed by atoms with van der Waals surface area (Å²) in [7, 11) is 0. The Balaban J connectivity index is 1.59. The van der Waals surface area contributed by atoms with Gasteiger partial charge in [0.2, 0.25) is 17.7 Å². The van der Waals surface area contributed by atoms with Crippen LogP contribution in [0.15, 0.2) is 48.6 Å². The molecule has 1 aromatic carbocycles. The number of amides is 3. The van der Waals surface area contributed by atoms with Crippen LogP contribution in [0.1, 0.15) is 53.9 Å². The number of rotatable bonds is 10. The summed E-state index contributed by atoms with van der Waals surface area (Å²) in [6.45, 7) is 11.0. The highest BCUT2D eigenvalue weighted by Crippen LogP contribution is 2.54. The van der Waals surface area contributed by atoms with Gasteiger partial charge in [0.15, 0.2) is 0 Å². The first-order chi connectivity index (χ1) is 20.2. The summed E-state index contributed by atoms with van der Waals surface area (Å²) in [5.41, 5.74) is -0.610. The van der Waals surface area contributed by atoms with Crippen LogP contribution in [0.2, 0.25) is 0 Å². The first-order valence-corrected chi connectivity index (χ1v) is 15.5. The molecule has 4 aliphatic rings. The molecule has 0 bridgehead atoms. The fourth-order valence-corrected chi connectivity index (χ4v) is 7.36. The molecule has 2 saturated heterocycles. The van der Waals surface area contributed by atoms with Crippen LogP contribution >= 0.6 is 0 Å². The van der Waals surface area contributed by atoms with E-state index in [2.05, 4.69) is 6.92 Å². The molecule has 4 aliphatic heterocycles. The Bertz CT molecular complexity index is 1230. The monoisotopic (exact) mass is 579 g/mol. The van der Waals surface area contributed by atoms with Gasteiger partial charge in [-0.05, 0) is 50.5 Å². The number of hydrogen-bond acceptors (Lipinski definition) is 6. The number of carbonyl (C=O) groups is 3. The third-order valence-electron chi connectivity index (χ3n) is 9.67. The van der Waals surface area contributed by atoms with E-state index < -0.39 is 35.6 Å². The fourth-order valence-electron chi connectivity index (χ4n) is 7.36. The number of hydrogen-bond donors (Lipinski definition) is 1. The van der Waals surface area contributed by atoms with Crippen LogP contribution in [0.3, 0.4) is 0 Å². The summed E-state index contributed by atoms with van der Waals surface area (Å²) < 4.78 is 12.4. The van der Waals surface area contributed by atoms with Gasteiger partial charge in [-0.15, -0.1) is 0 Å². The highest BCUT2D eigenvalue weighted by molar-refractivity contribution is 6.04. The van der Waals surface area contributed by atoms with Crippen molar-refractivity contribution in [2.24, 2.45) is 17.8 Å². The highest BCUT2D eigenvalue weighted by Gasteiger charge is 2.72. The number of carbonyl (C=O) groups excluding carboxylic acids is 3. The van der Waals surface area contributed by atoms with Crippen LogP contribution < -0.4 is 9.64 Å². The average Bonchev–Trinajstić information content (AvgIpc) is 3.29. The molecule has 8 atom stereocenters. The van der Waals surface area contributed by atoms with Crippen LogP contribution in [0.25, 0.3) is 0 Å². The molecule has 1 spiro atoms. The molecule has 2 fully saturated rings. The van der Waals surface area contributed by atoms with Crippen molar-refractivity contribution in [1.82, 2.24) is 9.80 Å². The van der Waals surface area contributed by atoms with Crippen LogP contribution in [0.5, 0.6) is 5.75 Å². The fraction of sp³-hybridized carbons (Fsp3) is 0.606. The predicted octanol–water partition coefficient (Wildman–Crippen LogP) is 3.56. The Morgan fingerprint density at radius 1 is 1.02 bits per heavy atom. The molecular formula is C33H45N3O6. The largest absolute Gasteiger partial charge is 0.494 e. The van der Waals surface area contributed by atoms with E-state index >= 15 is 0 Å². The van der Waals surface area contributed by atoms with E-state index in [1.54, 1.807) is 9.80 Å². The predicted molar refractivity (Wildman–Crippen MR) is 160 cm³/mol. The lowest BCUT2D eigenvalue weighted by Crippen LogP contribution is -2.60. The quantitative estimate of drug-likeness (QED) is 0.426. The molecule has 2 unspecified atom stereocenters. The maximum Gasteiger partial charge on any atom is 0.249 e. The number of benzene rings is 1. The number of ether oxygens (including phenoxy) is 2. The first kappa shape index (κ1) is 30.3. The lowest BCUT2D eigenvalue weighted by atomic mass is 9.77. The Labute approximate surface area is 249 Å². The van der Waals surface area contributed by atoms with Crippen molar-refractivity contribution in [3.05, 3.63) is 48.6 Å². The number of anilines is 1. The number of aliphatic hydroxyl groups excluding tert-OH is 1. The second kappa shape index (κ2) is 12.2. The lowest BCUT2D eigenvalue weighted by Gasteiger charge is -2.41. The summed E-state index contributed by atoms with van der Waals surface area (Å²) in [4.78, 5) is 48.6. The summed E-state index contributed by atoms with van der Waals surface area (Å²) in [6.07, 6.45) is 9.39. The number of fused-ring (bicyclic) bond motifs is 2. The second-order valence-electron chi connectivity index (χ2n) is 12.1. The van der Waals surface area contributed by atoms with Gasteiger partial charge in [0, 0.05) is 24.8 Å². The van der Waals surface area contributed by atoms with E-state index in [0.717, 1.165) is 19.3 Å². The summed E-state index contributed by atoms with van der Waals surface area (Å²) in [5, 5.41) is 10.6. The second-order valence-corrected chi connectivity index (χ2v) is 12.1. The van der Waals surface area contributed by atoms with Gasteiger partial charge in [-0.2, -0.15) is 0 Å². The lowest BCUT2D eigenvalue weighted by molar-refractivity contribution is -0.153. The van der Waals surface area contributed by atoms with E-state index in [4.69, 9.17) is 9.47 Å². The maximum absolute atomic E-state index is 14.6. The van der Waals surface area contributed by atoms with Crippen LogP contribution in [0, 0.1) is 17.8 Å². The number of aliphatic hydroxyl groups is 1. The minimum atomic E-state index is -1.31. The molecule has 3 amide bonds. The first-order valence-electron chi connectivity index (χ1n) is 15.5. The molecule has 9 nitrogen and oxygen atoms in total. The smallest absolute Gasteiger partial charge is 0.249 e. The Kier molecular flexibility index (Phi) is 8.81. The van der Waals surface area contributed by atoms with Gasteiger partial charge >= 0.3 is 0 Å². The van der Waals surface area contributed by atoms with Crippen molar-refractivity contribution in [2.45, 2.75) is 83.7 Å². The van der Waals surface area contributed by atoms with Gasteiger partial charge in [-0.25, -0.2) is 0 Å². The SMILES string of the molecule is CCCC(C)N1CC=C[C@]23O[C@H]4C=CCN(c5ccc(OCC)cc5)C(=O)[C@H]4[C@H]2C(=O)N([C@@H](CO)[C@@H](C)CC)C3C1=O. The zero-order chi connectivity index (χ0) is 30.2. The molecule has 0 aromatic heterocycles. The third-order valence-corrected chi connectivity index (χ3v) is 9.67. The van der Waals surface area contributed by atoms with E-state index in [-0.39, 0.29) is 36.3 Å². The van der Waals surface area contributed by atoms with Gasteiger partial charge in [0.05, 0.1) is 37.2 Å². The maximum atomic E-state index is 14.6. The molecule has 5 rings (SSSR count). The highest BCUT2D eigenvalue weighted by atomic mass is 16.5. The van der Waals surface area contributed by atoms with Crippen LogP contribution in [-0.2, 0) is 19.1 Å². The zero-order valence-corrected chi connectivity index (χ0v) is 25.4. The van der Waals surface area contributed by atoms with Crippen molar-refractivity contribution >= 4 is 23.4 Å². The van der Waals surface area contributed by atoms with Crippen molar-refractivity contribution < 1.29 is 29.0 Å². The van der Waals surface area contributed by atoms with Gasteiger partial charge in [0.1, 0.15) is 17.4 Å². The molecular weight excluding hydrogens is 534 g/mol. The molecule has 0 saturated carbocycles. The molecule has 228 valence electrons. The summed E-state index contributed by atoms with van der Waals surface area (Å²) in [6, 6.07) is 5.79. The van der Waals surface area contributed by atoms with Gasteiger partial charge in [-0.1, -0.05) is 57.9 Å². The van der Waals surface area contributed by atoms with Crippen molar-refractivity contribution in [3.8, 4) is 5.75 Å². The van der Waals surface area contributed by atoms with Crippen molar-refractivity contribution in [2.75, 3.05) is 31.2 Å². The van der Waals surface area contributed by atoms with E-state index in [0.29, 0.717) is 31.1 Å². The van der Waals surface area contributed by atoms with Crippen LogP contribution in [-0.4, -0.2) is 88.8 Å². The molecule has 4 heterocycles. The molecule has 0 radical (unpaired) electrons. The minimum absolute atomic E-state index is 0.0296. The Hall–Kier alpha value is -3.17. The topological polar surface area (TPSA) is 99.6 Å². The normalized spacial score (nSPS) is 30.9. The van der Waals surface area contributed by atoms with E-state index in [9.17, 15) is 19.5 Å². The van der Waals surface area contributed by atoms with E-state index in [1.165, 1.54) is 0 Å². The molecule has 42 heavy (non-hydrogen) atoms. The standard InChI is InChI=1S/C33H45N3O6/c1-6-11-22(5)34-19-10-17-33-28(31(39)36(29(33)32(34)40)25(20-37)21(4)7-2)27-26(42-33)12-9-18-35(30(27)38)23-13-15-24(16-14-23)41-8-3/h9-10,12-17,21-22,25-29,37H,6-8,11,18-20H2,1-5H3/t21-,22?,25-,26-,27+,28-,29?,33-/m0/s1. The van der Waals surface area contributed by atoms with Crippen molar-refractivity contribution in [3.63, 3.8) is 0 Å². The minimum Gasteiger partial charge on any atom is -0.494 e. The Morgan fingerprint density at radius 3 is 2.40 bits per heavy atom. The zero-order valence-electron chi connectivity index (χ0n) is 25.4. The van der Waals surface area contributed by atoms with E-state index in [1.807, 2.05) is 81.2 Å². The van der Waals surface area contributed by atoms with Gasteiger partial charge in [0.25, 0.3) is 0 Å². The summed E-state index contributed by atoms with van der Waals surface area (Å²) in [5.74, 6) is -1.75. The average molecular weight is 580 g/mol. The van der Waals surface area contributed by atoms with Crippen molar-refractivity contribution in [1.29, 1.82) is 0 Å². The summed E-state index contributed by atoms with van der Waals surface area (Å²) >= 11 is 0. The number of likely N-dealkylation sites (tertiary alicyclic amines) is 1. The molecule has 1 N–H and O–H groups in total. The van der Waals surface area contributed by atoms with Gasteiger partial charge < -0.3 is 29.3 Å². The number of nitrogens with zero attached hydrogens (tertiary/aromatic N) is 3. The van der Waals surface area contributed by atoms with Crippen LogP contribution in [0.4, 0.5) is 5.69 Å². The Morgan fingerprint density at radius 2 is 1.76 bits per heavy atom. The molecule has 0 aliphatic carbocycles. The van der Waals surface area contributed by atoms with Gasteiger partial charge in [-0.3, -0.25) is 14.4 Å². The molecule has 9 heteroatoms. The molecule has 1 aromatic rings.